The van der Waals surface area contributed by atoms with Gasteiger partial charge in [-0.05, 0) is 42.8 Å². The van der Waals surface area contributed by atoms with Crippen molar-refractivity contribution < 1.29 is 28.5 Å². The fourth-order valence-corrected chi connectivity index (χ4v) is 2.44. The monoisotopic (exact) mass is 354 g/mol. The van der Waals surface area contributed by atoms with Gasteiger partial charge in [-0.3, -0.25) is 4.79 Å². The third-order valence-electron chi connectivity index (χ3n) is 3.71. The van der Waals surface area contributed by atoms with Gasteiger partial charge in [0.15, 0.2) is 12.4 Å². The Labute approximate surface area is 150 Å². The Balaban J connectivity index is 1.75. The number of ketones is 1. The third kappa shape index (κ3) is 3.85. The Morgan fingerprint density at radius 1 is 1.08 bits per heavy atom. The number of benzene rings is 2. The maximum atomic E-state index is 12.5. The maximum Gasteiger partial charge on any atom is 0.343 e. The molecule has 6 heteroatoms. The molecule has 2 aromatic rings. The van der Waals surface area contributed by atoms with Crippen LogP contribution in [0.3, 0.4) is 0 Å². The third-order valence-corrected chi connectivity index (χ3v) is 3.71. The second-order valence-electron chi connectivity index (χ2n) is 5.46. The lowest BCUT2D eigenvalue weighted by atomic mass is 10.1. The Bertz CT molecular complexity index is 851. The Hall–Kier alpha value is -3.28. The van der Waals surface area contributed by atoms with E-state index in [1.807, 2.05) is 31.2 Å². The quantitative estimate of drug-likeness (QED) is 0.586. The van der Waals surface area contributed by atoms with Crippen LogP contribution >= 0.6 is 0 Å². The Morgan fingerprint density at radius 3 is 2.50 bits per heavy atom. The number of hydrogen-bond acceptors (Lipinski definition) is 6. The van der Waals surface area contributed by atoms with Crippen LogP contribution in [0, 0.1) is 0 Å². The number of rotatable bonds is 6. The van der Waals surface area contributed by atoms with E-state index in [1.54, 1.807) is 24.3 Å². The van der Waals surface area contributed by atoms with Gasteiger partial charge in [-0.15, -0.1) is 0 Å². The van der Waals surface area contributed by atoms with E-state index in [4.69, 9.17) is 14.2 Å². The van der Waals surface area contributed by atoms with Crippen molar-refractivity contribution in [2.75, 3.05) is 20.3 Å². The molecule has 0 N–H and O–H groups in total. The topological polar surface area (TPSA) is 71.1 Å². The average molecular weight is 354 g/mol. The van der Waals surface area contributed by atoms with Crippen molar-refractivity contribution in [3.05, 3.63) is 59.4 Å². The molecule has 0 saturated heterocycles. The van der Waals surface area contributed by atoms with Gasteiger partial charge in [0, 0.05) is 6.07 Å². The van der Waals surface area contributed by atoms with Crippen LogP contribution in [-0.2, 0) is 9.53 Å². The molecule has 0 amide bonds. The molecule has 1 aliphatic rings. The van der Waals surface area contributed by atoms with Crippen LogP contribution in [0.4, 0.5) is 0 Å². The molecule has 3 rings (SSSR count). The summed E-state index contributed by atoms with van der Waals surface area (Å²) in [6, 6.07) is 12.2. The van der Waals surface area contributed by atoms with Crippen molar-refractivity contribution in [3.8, 4) is 17.2 Å². The van der Waals surface area contributed by atoms with Gasteiger partial charge in [0.1, 0.15) is 17.2 Å². The summed E-state index contributed by atoms with van der Waals surface area (Å²) in [7, 11) is 1.29. The highest BCUT2D eigenvalue weighted by atomic mass is 16.6. The van der Waals surface area contributed by atoms with Crippen LogP contribution < -0.4 is 14.2 Å². The minimum atomic E-state index is -0.487. The van der Waals surface area contributed by atoms with Gasteiger partial charge in [-0.2, -0.15) is 0 Å². The first-order valence-corrected chi connectivity index (χ1v) is 8.11. The predicted octanol–water partition coefficient (Wildman–Crippen LogP) is 3.25. The van der Waals surface area contributed by atoms with Crippen LogP contribution in [-0.4, -0.2) is 32.1 Å². The summed E-state index contributed by atoms with van der Waals surface area (Å²) in [5.41, 5.74) is 1.28. The molecular formula is C20H18O6. The van der Waals surface area contributed by atoms with Crippen LogP contribution in [0.25, 0.3) is 6.08 Å². The summed E-state index contributed by atoms with van der Waals surface area (Å²) < 4.78 is 20.9. The van der Waals surface area contributed by atoms with Crippen LogP contribution in [0.5, 0.6) is 17.2 Å². The normalized spacial score (nSPS) is 13.9. The average Bonchev–Trinajstić information content (AvgIpc) is 2.96. The summed E-state index contributed by atoms with van der Waals surface area (Å²) in [5.74, 6) is 1.13. The van der Waals surface area contributed by atoms with Gasteiger partial charge < -0.3 is 18.9 Å². The van der Waals surface area contributed by atoms with E-state index < -0.39 is 5.97 Å². The van der Waals surface area contributed by atoms with Gasteiger partial charge in [-0.1, -0.05) is 12.1 Å². The molecule has 26 heavy (non-hydrogen) atoms. The number of fused-ring (bicyclic) bond motifs is 1. The lowest BCUT2D eigenvalue weighted by Gasteiger charge is -2.05. The van der Waals surface area contributed by atoms with Crippen LogP contribution in [0.15, 0.2) is 48.2 Å². The van der Waals surface area contributed by atoms with Crippen molar-refractivity contribution in [1.29, 1.82) is 0 Å². The number of allylic oxidation sites excluding steroid dienone is 1. The lowest BCUT2D eigenvalue weighted by Crippen LogP contribution is -2.12. The fraction of sp³-hybridized carbons (Fsp3) is 0.200. The summed E-state index contributed by atoms with van der Waals surface area (Å²) in [5, 5.41) is 0. The predicted molar refractivity (Wildman–Crippen MR) is 94.5 cm³/mol. The highest BCUT2D eigenvalue weighted by molar-refractivity contribution is 6.14. The molecule has 6 nitrogen and oxygen atoms in total. The second-order valence-corrected chi connectivity index (χ2v) is 5.46. The fourth-order valence-electron chi connectivity index (χ4n) is 2.44. The van der Waals surface area contributed by atoms with E-state index in [0.29, 0.717) is 23.7 Å². The largest absolute Gasteiger partial charge is 0.494 e. The second kappa shape index (κ2) is 7.74. The molecule has 0 aromatic heterocycles. The minimum absolute atomic E-state index is 0.201. The molecule has 0 aliphatic carbocycles. The number of Topliss-reactive ketones (excluding diaryl/α,β-unsaturated/α-hetero) is 1. The number of carbonyl (C=O) groups excluding carboxylic acids is 2. The van der Waals surface area contributed by atoms with E-state index in [-0.39, 0.29) is 18.1 Å². The molecular weight excluding hydrogens is 336 g/mol. The minimum Gasteiger partial charge on any atom is -0.494 e. The van der Waals surface area contributed by atoms with Crippen molar-refractivity contribution in [1.82, 2.24) is 0 Å². The molecule has 0 saturated carbocycles. The molecule has 2 aromatic carbocycles. The summed E-state index contributed by atoms with van der Waals surface area (Å²) in [6.07, 6.45) is 1.67. The van der Waals surface area contributed by atoms with Crippen molar-refractivity contribution in [2.24, 2.45) is 0 Å². The van der Waals surface area contributed by atoms with Gasteiger partial charge >= 0.3 is 5.97 Å². The molecule has 1 heterocycles. The number of hydrogen-bond donors (Lipinski definition) is 0. The number of esters is 1. The smallest absolute Gasteiger partial charge is 0.343 e. The summed E-state index contributed by atoms with van der Waals surface area (Å²) >= 11 is 0. The summed E-state index contributed by atoms with van der Waals surface area (Å²) in [4.78, 5) is 23.6. The number of carbonyl (C=O) groups is 2. The van der Waals surface area contributed by atoms with Crippen molar-refractivity contribution in [2.45, 2.75) is 6.92 Å². The van der Waals surface area contributed by atoms with Crippen molar-refractivity contribution in [3.63, 3.8) is 0 Å². The van der Waals surface area contributed by atoms with E-state index >= 15 is 0 Å². The highest BCUT2D eigenvalue weighted by Gasteiger charge is 2.27. The maximum absolute atomic E-state index is 12.5. The summed E-state index contributed by atoms with van der Waals surface area (Å²) in [6.45, 7) is 2.30. The first-order chi connectivity index (χ1) is 12.6. The lowest BCUT2D eigenvalue weighted by molar-refractivity contribution is -0.142. The molecule has 0 unspecified atom stereocenters. The van der Waals surface area contributed by atoms with E-state index in [1.165, 1.54) is 7.11 Å². The molecule has 0 spiro atoms. The molecule has 0 bridgehead atoms. The van der Waals surface area contributed by atoms with Gasteiger partial charge in [0.2, 0.25) is 5.78 Å². The SMILES string of the molecule is CCOc1ccc(C=C2Oc3cc(OCC(=O)OC)ccc3C2=O)cc1. The van der Waals surface area contributed by atoms with Crippen molar-refractivity contribution >= 4 is 17.8 Å². The van der Waals surface area contributed by atoms with E-state index in [9.17, 15) is 9.59 Å². The molecule has 1 aliphatic heterocycles. The Kier molecular flexibility index (Phi) is 5.22. The molecule has 0 fully saturated rings. The standard InChI is InChI=1S/C20H18O6/c1-3-24-14-6-4-13(5-7-14)10-18-20(22)16-9-8-15(11-17(16)26-18)25-12-19(21)23-2/h4-11H,3,12H2,1-2H3. The van der Waals surface area contributed by atoms with Gasteiger partial charge in [-0.25, -0.2) is 4.79 Å². The molecule has 134 valence electrons. The Morgan fingerprint density at radius 2 is 1.81 bits per heavy atom. The molecule has 0 atom stereocenters. The first-order valence-electron chi connectivity index (χ1n) is 8.11. The van der Waals surface area contributed by atoms with E-state index in [2.05, 4.69) is 4.74 Å². The zero-order valence-electron chi connectivity index (χ0n) is 14.5. The zero-order valence-corrected chi connectivity index (χ0v) is 14.5. The zero-order chi connectivity index (χ0) is 18.5. The van der Waals surface area contributed by atoms with Gasteiger partial charge in [0.05, 0.1) is 19.3 Å². The number of ether oxygens (including phenoxy) is 4. The van der Waals surface area contributed by atoms with Crippen LogP contribution in [0.2, 0.25) is 0 Å². The van der Waals surface area contributed by atoms with Crippen LogP contribution in [0.1, 0.15) is 22.8 Å². The van der Waals surface area contributed by atoms with E-state index in [0.717, 1.165) is 11.3 Å². The highest BCUT2D eigenvalue weighted by Crippen LogP contribution is 2.35. The molecule has 0 radical (unpaired) electrons. The first kappa shape index (κ1) is 17.5. The van der Waals surface area contributed by atoms with Gasteiger partial charge in [0.25, 0.3) is 0 Å². The number of methoxy groups -OCH3 is 1.